The Morgan fingerprint density at radius 1 is 0.404 bits per heavy atom. The van der Waals surface area contributed by atoms with E-state index in [1.54, 1.807) is 0 Å². The predicted octanol–water partition coefficient (Wildman–Crippen LogP) is 10.2. The summed E-state index contributed by atoms with van der Waals surface area (Å²) in [6, 6.07) is 54.0. The summed E-state index contributed by atoms with van der Waals surface area (Å²) in [4.78, 5) is 20.3. The van der Waals surface area contributed by atoms with Crippen LogP contribution in [-0.2, 0) is 0 Å². The number of aromatic nitrogens is 5. The van der Waals surface area contributed by atoms with Gasteiger partial charge in [-0.15, -0.1) is 0 Å². The van der Waals surface area contributed by atoms with Gasteiger partial charge in [-0.3, -0.25) is 4.40 Å². The molecule has 5 nitrogen and oxygen atoms in total. The average Bonchev–Trinajstić information content (AvgIpc) is 3.55. The Bertz CT molecular complexity index is 2550. The Morgan fingerprint density at radius 2 is 1.04 bits per heavy atom. The van der Waals surface area contributed by atoms with Crippen LogP contribution in [0.25, 0.3) is 83.9 Å². The summed E-state index contributed by atoms with van der Waals surface area (Å²) in [6.07, 6.45) is 2.05. The molecule has 0 aliphatic heterocycles. The second-order valence-electron chi connectivity index (χ2n) is 11.6. The van der Waals surface area contributed by atoms with Crippen molar-refractivity contribution >= 4 is 27.6 Å². The molecule has 0 aliphatic carbocycles. The molecule has 4 aromatic heterocycles. The van der Waals surface area contributed by atoms with Crippen molar-refractivity contribution in [1.29, 1.82) is 0 Å². The van der Waals surface area contributed by atoms with Crippen LogP contribution >= 0.6 is 0 Å². The van der Waals surface area contributed by atoms with Crippen molar-refractivity contribution in [2.24, 2.45) is 0 Å². The molecule has 4 heterocycles. The molecular formula is C42H27N5. The molecule has 47 heavy (non-hydrogen) atoms. The molecule has 0 aliphatic rings. The second kappa shape index (κ2) is 11.2. The van der Waals surface area contributed by atoms with Crippen LogP contribution < -0.4 is 0 Å². The van der Waals surface area contributed by atoms with E-state index in [0.29, 0.717) is 5.82 Å². The van der Waals surface area contributed by atoms with Crippen LogP contribution in [0.3, 0.4) is 0 Å². The molecule has 0 radical (unpaired) electrons. The van der Waals surface area contributed by atoms with E-state index in [-0.39, 0.29) is 0 Å². The first-order chi connectivity index (χ1) is 23.3. The third kappa shape index (κ3) is 4.82. The van der Waals surface area contributed by atoms with Crippen LogP contribution in [0.2, 0.25) is 0 Å². The third-order valence-electron chi connectivity index (χ3n) is 8.62. The predicted molar refractivity (Wildman–Crippen MR) is 191 cm³/mol. The van der Waals surface area contributed by atoms with Crippen molar-refractivity contribution in [3.05, 3.63) is 164 Å². The number of fused-ring (bicyclic) bond motifs is 5. The van der Waals surface area contributed by atoms with E-state index in [2.05, 4.69) is 114 Å². The molecule has 5 heteroatoms. The molecule has 0 N–H and O–H groups in total. The SMILES string of the molecule is c1ccc(-c2cccc(-c3cc(-c4ccc(-c5nc6ccccc6c6nc7ccccn7c56)cc4)nc(-c4ccccc4)n3)c2)cc1. The standard InChI is InChI=1S/C42H27N5/c1-3-12-28(13-4-1)32-16-11-17-33(26-32)37-27-36(44-42(45-37)31-14-5-2-6-15-31)29-21-23-30(24-22-29)39-41-40(34-18-7-8-19-35(34)43-39)46-38-20-9-10-25-47(38)41/h1-27H. The summed E-state index contributed by atoms with van der Waals surface area (Å²) >= 11 is 0. The molecule has 5 aromatic carbocycles. The maximum absolute atomic E-state index is 5.15. The summed E-state index contributed by atoms with van der Waals surface area (Å²) in [7, 11) is 0. The second-order valence-corrected chi connectivity index (χ2v) is 11.6. The fourth-order valence-corrected chi connectivity index (χ4v) is 6.30. The number of hydrogen-bond donors (Lipinski definition) is 0. The van der Waals surface area contributed by atoms with Gasteiger partial charge in [0.25, 0.3) is 0 Å². The molecule has 0 bridgehead atoms. The smallest absolute Gasteiger partial charge is 0.160 e. The van der Waals surface area contributed by atoms with Crippen LogP contribution in [0, 0.1) is 0 Å². The van der Waals surface area contributed by atoms with Gasteiger partial charge in [-0.2, -0.15) is 0 Å². The molecule has 0 fully saturated rings. The largest absolute Gasteiger partial charge is 0.298 e. The van der Waals surface area contributed by atoms with Crippen LogP contribution in [0.15, 0.2) is 164 Å². The Hall–Kier alpha value is -6.46. The number of hydrogen-bond acceptors (Lipinski definition) is 4. The van der Waals surface area contributed by atoms with Gasteiger partial charge in [0.15, 0.2) is 5.82 Å². The highest BCUT2D eigenvalue weighted by molar-refractivity contribution is 6.09. The highest BCUT2D eigenvalue weighted by atomic mass is 15.0. The lowest BCUT2D eigenvalue weighted by Crippen LogP contribution is -1.96. The average molecular weight is 602 g/mol. The van der Waals surface area contributed by atoms with Gasteiger partial charge < -0.3 is 0 Å². The first-order valence-electron chi connectivity index (χ1n) is 15.7. The Morgan fingerprint density at radius 3 is 1.85 bits per heavy atom. The number of nitrogens with zero attached hydrogens (tertiary/aromatic N) is 5. The molecule has 0 saturated carbocycles. The topological polar surface area (TPSA) is 56.0 Å². The summed E-state index contributed by atoms with van der Waals surface area (Å²) in [5, 5.41) is 1.05. The maximum Gasteiger partial charge on any atom is 0.160 e. The molecule has 0 saturated heterocycles. The van der Waals surface area contributed by atoms with Gasteiger partial charge in [0.2, 0.25) is 0 Å². The van der Waals surface area contributed by atoms with E-state index in [9.17, 15) is 0 Å². The first kappa shape index (κ1) is 26.9. The highest BCUT2D eigenvalue weighted by Crippen LogP contribution is 2.35. The zero-order chi connectivity index (χ0) is 31.2. The van der Waals surface area contributed by atoms with Crippen molar-refractivity contribution in [3.63, 3.8) is 0 Å². The van der Waals surface area contributed by atoms with E-state index in [4.69, 9.17) is 19.9 Å². The third-order valence-corrected chi connectivity index (χ3v) is 8.62. The normalized spacial score (nSPS) is 11.4. The zero-order valence-electron chi connectivity index (χ0n) is 25.3. The van der Waals surface area contributed by atoms with Gasteiger partial charge in [-0.1, -0.05) is 127 Å². The quantitative estimate of drug-likeness (QED) is 0.197. The van der Waals surface area contributed by atoms with E-state index in [1.807, 2.05) is 54.6 Å². The summed E-state index contributed by atoms with van der Waals surface area (Å²) in [5.41, 5.74) is 12.8. The van der Waals surface area contributed by atoms with Crippen LogP contribution in [0.5, 0.6) is 0 Å². The molecule has 0 spiro atoms. The van der Waals surface area contributed by atoms with E-state index in [1.165, 1.54) is 5.56 Å². The van der Waals surface area contributed by atoms with Gasteiger partial charge in [0.05, 0.1) is 28.1 Å². The van der Waals surface area contributed by atoms with Crippen molar-refractivity contribution < 1.29 is 0 Å². The maximum atomic E-state index is 5.15. The Kier molecular flexibility index (Phi) is 6.39. The summed E-state index contributed by atoms with van der Waals surface area (Å²) < 4.78 is 2.13. The number of rotatable bonds is 5. The van der Waals surface area contributed by atoms with E-state index >= 15 is 0 Å². The van der Waals surface area contributed by atoms with Gasteiger partial charge in [0.1, 0.15) is 11.2 Å². The Labute approximate surface area is 271 Å². The first-order valence-corrected chi connectivity index (χ1v) is 15.7. The molecule has 0 atom stereocenters. The summed E-state index contributed by atoms with van der Waals surface area (Å²) in [6.45, 7) is 0. The van der Waals surface area contributed by atoms with E-state index in [0.717, 1.165) is 72.5 Å². The van der Waals surface area contributed by atoms with Crippen LogP contribution in [-0.4, -0.2) is 24.3 Å². The van der Waals surface area contributed by atoms with Crippen LogP contribution in [0.4, 0.5) is 0 Å². The van der Waals surface area contributed by atoms with Crippen LogP contribution in [0.1, 0.15) is 0 Å². The minimum Gasteiger partial charge on any atom is -0.298 e. The van der Waals surface area contributed by atoms with E-state index < -0.39 is 0 Å². The lowest BCUT2D eigenvalue weighted by atomic mass is 10.00. The number of benzene rings is 5. The van der Waals surface area contributed by atoms with Crippen molar-refractivity contribution in [1.82, 2.24) is 24.3 Å². The number of imidazole rings is 1. The molecule has 0 unspecified atom stereocenters. The van der Waals surface area contributed by atoms with Crippen molar-refractivity contribution in [2.75, 3.05) is 0 Å². The van der Waals surface area contributed by atoms with Gasteiger partial charge in [-0.05, 0) is 41.5 Å². The number of para-hydroxylation sites is 1. The highest BCUT2D eigenvalue weighted by Gasteiger charge is 2.17. The van der Waals surface area contributed by atoms with Gasteiger partial charge in [0, 0.05) is 33.8 Å². The molecule has 0 amide bonds. The molecule has 9 aromatic rings. The minimum atomic E-state index is 0.691. The van der Waals surface area contributed by atoms with Crippen molar-refractivity contribution in [3.8, 4) is 56.3 Å². The van der Waals surface area contributed by atoms with Crippen molar-refractivity contribution in [2.45, 2.75) is 0 Å². The molecule has 220 valence electrons. The molecule has 9 rings (SSSR count). The Balaban J connectivity index is 1.18. The van der Waals surface area contributed by atoms with Gasteiger partial charge in [-0.25, -0.2) is 19.9 Å². The fraction of sp³-hybridized carbons (Fsp3) is 0. The monoisotopic (exact) mass is 601 g/mol. The lowest BCUT2D eigenvalue weighted by molar-refractivity contribution is 1.18. The minimum absolute atomic E-state index is 0.691. The summed E-state index contributed by atoms with van der Waals surface area (Å²) in [5.74, 6) is 0.691. The zero-order valence-corrected chi connectivity index (χ0v) is 25.3. The lowest BCUT2D eigenvalue weighted by Gasteiger charge is -2.11. The molecular weight excluding hydrogens is 574 g/mol. The fourth-order valence-electron chi connectivity index (χ4n) is 6.30. The number of pyridine rings is 2. The van der Waals surface area contributed by atoms with Gasteiger partial charge >= 0.3 is 0 Å².